The van der Waals surface area contributed by atoms with Crippen molar-refractivity contribution in [3.63, 3.8) is 0 Å². The molecule has 2 rings (SSSR count). The van der Waals surface area contributed by atoms with E-state index in [1.54, 1.807) is 17.5 Å². The lowest BCUT2D eigenvalue weighted by molar-refractivity contribution is -0.137. The molecule has 0 aliphatic carbocycles. The van der Waals surface area contributed by atoms with E-state index in [1.165, 1.54) is 35.6 Å². The first-order chi connectivity index (χ1) is 11.0. The number of aliphatic carboxylic acids is 1. The fraction of sp³-hybridized carbons (Fsp3) is 0.200. The van der Waals surface area contributed by atoms with Gasteiger partial charge in [-0.2, -0.15) is 8.78 Å². The van der Waals surface area contributed by atoms with E-state index in [9.17, 15) is 18.4 Å². The lowest BCUT2D eigenvalue weighted by Gasteiger charge is -2.17. The van der Waals surface area contributed by atoms with E-state index >= 15 is 0 Å². The summed E-state index contributed by atoms with van der Waals surface area (Å²) in [6.45, 7) is -3.06. The number of halogens is 2. The summed E-state index contributed by atoms with van der Waals surface area (Å²) in [6.07, 6.45) is -0.315. The first-order valence-electron chi connectivity index (χ1n) is 6.57. The minimum Gasteiger partial charge on any atom is -0.481 e. The number of rotatable bonds is 7. The molecule has 2 aromatic rings. The lowest BCUT2D eigenvalue weighted by atomic mass is 10.1. The highest BCUT2D eigenvalue weighted by Crippen LogP contribution is 2.25. The van der Waals surface area contributed by atoms with Crippen molar-refractivity contribution in [3.05, 3.63) is 52.2 Å². The summed E-state index contributed by atoms with van der Waals surface area (Å²) in [5.41, 5.74) is -0.0836. The zero-order valence-corrected chi connectivity index (χ0v) is 12.6. The van der Waals surface area contributed by atoms with Crippen LogP contribution in [0.1, 0.15) is 27.7 Å². The van der Waals surface area contributed by atoms with Gasteiger partial charge in [-0.15, -0.1) is 11.3 Å². The van der Waals surface area contributed by atoms with Gasteiger partial charge >= 0.3 is 12.6 Å². The van der Waals surface area contributed by atoms with Crippen molar-refractivity contribution in [1.29, 1.82) is 0 Å². The van der Waals surface area contributed by atoms with E-state index in [0.717, 1.165) is 0 Å². The number of hydrogen-bond donors (Lipinski definition) is 2. The number of para-hydroxylation sites is 1. The van der Waals surface area contributed by atoms with Gasteiger partial charge in [-0.25, -0.2) is 0 Å². The van der Waals surface area contributed by atoms with Crippen LogP contribution < -0.4 is 10.1 Å². The van der Waals surface area contributed by atoms with Gasteiger partial charge in [-0.05, 0) is 23.6 Å². The van der Waals surface area contributed by atoms with Crippen LogP contribution in [0.25, 0.3) is 0 Å². The highest BCUT2D eigenvalue weighted by atomic mass is 32.1. The Hall–Kier alpha value is -2.48. The number of carbonyl (C=O) groups excluding carboxylic acids is 1. The van der Waals surface area contributed by atoms with Crippen LogP contribution in [0.2, 0.25) is 0 Å². The Morgan fingerprint density at radius 3 is 2.57 bits per heavy atom. The van der Waals surface area contributed by atoms with Crippen LogP contribution in [-0.2, 0) is 4.79 Å². The number of alkyl halides is 2. The molecule has 122 valence electrons. The lowest BCUT2D eigenvalue weighted by Crippen LogP contribution is -2.30. The standard InChI is InChI=1S/C15H13F2NO4S/c16-15(17)22-11-5-2-1-4-9(11)14(21)18-10(8-13(19)20)12-6-3-7-23-12/h1-7,10,15H,8H2,(H,18,21)(H,19,20). The molecule has 1 atom stereocenters. The Labute approximate surface area is 134 Å². The molecule has 0 radical (unpaired) electrons. The Morgan fingerprint density at radius 2 is 1.96 bits per heavy atom. The van der Waals surface area contributed by atoms with Crippen molar-refractivity contribution < 1.29 is 28.2 Å². The third kappa shape index (κ3) is 4.75. The van der Waals surface area contributed by atoms with Crippen LogP contribution in [0.15, 0.2) is 41.8 Å². The van der Waals surface area contributed by atoms with Crippen LogP contribution in [0.5, 0.6) is 5.75 Å². The predicted octanol–water partition coefficient (Wildman–Crippen LogP) is 3.30. The molecule has 1 unspecified atom stereocenters. The van der Waals surface area contributed by atoms with Crippen LogP contribution in [-0.4, -0.2) is 23.6 Å². The van der Waals surface area contributed by atoms with Gasteiger partial charge in [0.15, 0.2) is 0 Å². The summed E-state index contributed by atoms with van der Waals surface area (Å²) in [6, 6.07) is 8.22. The van der Waals surface area contributed by atoms with Crippen LogP contribution in [0.3, 0.4) is 0 Å². The minimum absolute atomic E-state index is 0.0836. The summed E-state index contributed by atoms with van der Waals surface area (Å²) in [5.74, 6) is -2.03. The SMILES string of the molecule is O=C(O)CC(NC(=O)c1ccccc1OC(F)F)c1cccs1. The smallest absolute Gasteiger partial charge is 0.387 e. The highest BCUT2D eigenvalue weighted by Gasteiger charge is 2.22. The molecule has 2 N–H and O–H groups in total. The largest absolute Gasteiger partial charge is 0.481 e. The van der Waals surface area contributed by atoms with Crippen molar-refractivity contribution in [2.24, 2.45) is 0 Å². The molecule has 0 aliphatic heterocycles. The number of ether oxygens (including phenoxy) is 1. The van der Waals surface area contributed by atoms with Crippen molar-refractivity contribution in [2.45, 2.75) is 19.1 Å². The van der Waals surface area contributed by atoms with Gasteiger partial charge < -0.3 is 15.2 Å². The molecule has 0 saturated carbocycles. The Balaban J connectivity index is 2.20. The summed E-state index contributed by atoms with van der Waals surface area (Å²) >= 11 is 1.30. The topological polar surface area (TPSA) is 75.6 Å². The zero-order chi connectivity index (χ0) is 16.8. The molecule has 1 aromatic heterocycles. The van der Waals surface area contributed by atoms with E-state index in [0.29, 0.717) is 4.88 Å². The van der Waals surface area contributed by atoms with Gasteiger partial charge in [-0.1, -0.05) is 18.2 Å². The third-order valence-electron chi connectivity index (χ3n) is 2.92. The fourth-order valence-corrected chi connectivity index (χ4v) is 2.75. The average molecular weight is 341 g/mol. The molecule has 0 bridgehead atoms. The number of carbonyl (C=O) groups is 2. The fourth-order valence-electron chi connectivity index (χ4n) is 1.98. The number of hydrogen-bond acceptors (Lipinski definition) is 4. The quantitative estimate of drug-likeness (QED) is 0.810. The predicted molar refractivity (Wildman–Crippen MR) is 79.9 cm³/mol. The van der Waals surface area contributed by atoms with Gasteiger partial charge in [0.1, 0.15) is 5.75 Å². The number of carboxylic acids is 1. The van der Waals surface area contributed by atoms with Crippen LogP contribution >= 0.6 is 11.3 Å². The highest BCUT2D eigenvalue weighted by molar-refractivity contribution is 7.10. The van der Waals surface area contributed by atoms with E-state index < -0.39 is 24.5 Å². The van der Waals surface area contributed by atoms with E-state index in [1.807, 2.05) is 0 Å². The van der Waals surface area contributed by atoms with E-state index in [-0.39, 0.29) is 17.7 Å². The molecule has 23 heavy (non-hydrogen) atoms. The summed E-state index contributed by atoms with van der Waals surface area (Å²) in [7, 11) is 0. The molecule has 1 aromatic carbocycles. The Morgan fingerprint density at radius 1 is 1.22 bits per heavy atom. The van der Waals surface area contributed by atoms with E-state index in [4.69, 9.17) is 5.11 Å². The first-order valence-corrected chi connectivity index (χ1v) is 7.45. The van der Waals surface area contributed by atoms with Crippen molar-refractivity contribution in [1.82, 2.24) is 5.32 Å². The molecule has 0 aliphatic rings. The second kappa shape index (κ2) is 7.68. The number of benzene rings is 1. The molecule has 8 heteroatoms. The van der Waals surface area contributed by atoms with Crippen molar-refractivity contribution in [2.75, 3.05) is 0 Å². The summed E-state index contributed by atoms with van der Waals surface area (Å²) in [5, 5.41) is 13.3. The van der Waals surface area contributed by atoms with Gasteiger partial charge in [0, 0.05) is 4.88 Å². The maximum Gasteiger partial charge on any atom is 0.387 e. The summed E-state index contributed by atoms with van der Waals surface area (Å²) in [4.78, 5) is 23.9. The molecule has 0 spiro atoms. The molecule has 0 saturated heterocycles. The zero-order valence-electron chi connectivity index (χ0n) is 11.7. The van der Waals surface area contributed by atoms with Crippen LogP contribution in [0, 0.1) is 0 Å². The Bertz CT molecular complexity index is 676. The van der Waals surface area contributed by atoms with Gasteiger partial charge in [-0.3, -0.25) is 9.59 Å². The number of carboxylic acid groups (broad SMARTS) is 1. The van der Waals surface area contributed by atoms with Crippen LogP contribution in [0.4, 0.5) is 8.78 Å². The molecule has 1 heterocycles. The maximum atomic E-state index is 12.4. The molecule has 0 fully saturated rings. The Kier molecular flexibility index (Phi) is 5.64. The first kappa shape index (κ1) is 16.9. The second-order valence-electron chi connectivity index (χ2n) is 4.51. The third-order valence-corrected chi connectivity index (χ3v) is 3.90. The van der Waals surface area contributed by atoms with Gasteiger partial charge in [0.25, 0.3) is 5.91 Å². The number of thiophene rings is 1. The molecular weight excluding hydrogens is 328 g/mol. The maximum absolute atomic E-state index is 12.4. The normalized spacial score (nSPS) is 12.0. The van der Waals surface area contributed by atoms with Crippen molar-refractivity contribution >= 4 is 23.2 Å². The number of nitrogens with one attached hydrogen (secondary N) is 1. The van der Waals surface area contributed by atoms with Gasteiger partial charge in [0.05, 0.1) is 18.0 Å². The monoisotopic (exact) mass is 341 g/mol. The molecule has 5 nitrogen and oxygen atoms in total. The number of amides is 1. The van der Waals surface area contributed by atoms with Crippen molar-refractivity contribution in [3.8, 4) is 5.75 Å². The molecule has 1 amide bonds. The average Bonchev–Trinajstić information content (AvgIpc) is 3.00. The second-order valence-corrected chi connectivity index (χ2v) is 5.49. The summed E-state index contributed by atoms with van der Waals surface area (Å²) < 4.78 is 29.1. The van der Waals surface area contributed by atoms with Gasteiger partial charge in [0.2, 0.25) is 0 Å². The molecular formula is C15H13F2NO4S. The van der Waals surface area contributed by atoms with E-state index in [2.05, 4.69) is 10.1 Å². The minimum atomic E-state index is -3.06.